The van der Waals surface area contributed by atoms with Gasteiger partial charge in [-0.05, 0) is 56.2 Å². The average Bonchev–Trinajstić information content (AvgIpc) is 3.06. The third-order valence-corrected chi connectivity index (χ3v) is 4.33. The van der Waals surface area contributed by atoms with Gasteiger partial charge in [-0.15, -0.1) is 5.17 Å². The highest BCUT2D eigenvalue weighted by atomic mass is 16.7. The molecule has 6 nitrogen and oxygen atoms in total. The van der Waals surface area contributed by atoms with Crippen LogP contribution in [0.15, 0.2) is 47.8 Å². The van der Waals surface area contributed by atoms with Crippen LogP contribution in [0.5, 0.6) is 5.75 Å². The van der Waals surface area contributed by atoms with Crippen molar-refractivity contribution in [1.29, 1.82) is 0 Å². The van der Waals surface area contributed by atoms with Gasteiger partial charge in [0, 0.05) is 29.4 Å². The Labute approximate surface area is 146 Å². The molecule has 2 aromatic heterocycles. The van der Waals surface area contributed by atoms with Crippen LogP contribution in [0, 0.1) is 20.8 Å². The second-order valence-corrected chi connectivity index (χ2v) is 6.07. The lowest BCUT2D eigenvalue weighted by molar-refractivity contribution is 0.198. The molecule has 1 aromatic carbocycles. The van der Waals surface area contributed by atoms with Crippen molar-refractivity contribution in [3.05, 3.63) is 65.5 Å². The zero-order chi connectivity index (χ0) is 17.4. The Bertz CT molecular complexity index is 940. The lowest BCUT2D eigenvalue weighted by Crippen LogP contribution is -2.40. The Balaban J connectivity index is 1.64. The van der Waals surface area contributed by atoms with E-state index in [1.165, 1.54) is 0 Å². The maximum absolute atomic E-state index is 6.02. The molecule has 3 aromatic rings. The van der Waals surface area contributed by atoms with Crippen LogP contribution in [0.4, 0.5) is 0 Å². The Morgan fingerprint density at radius 3 is 2.60 bits per heavy atom. The number of aliphatic imine (C=N–C) groups is 1. The van der Waals surface area contributed by atoms with Gasteiger partial charge in [-0.25, -0.2) is 14.6 Å². The van der Waals surface area contributed by atoms with Crippen LogP contribution in [0.25, 0.3) is 11.1 Å². The zero-order valence-corrected chi connectivity index (χ0v) is 14.5. The van der Waals surface area contributed by atoms with Crippen molar-refractivity contribution in [3.8, 4) is 16.9 Å². The van der Waals surface area contributed by atoms with Gasteiger partial charge in [0.05, 0.1) is 5.69 Å². The van der Waals surface area contributed by atoms with E-state index in [2.05, 4.69) is 28.0 Å². The number of rotatable bonds is 3. The molecule has 0 radical (unpaired) electrons. The molecule has 126 valence electrons. The SMILES string of the molecule is Cc1cc(ON2CN=Cc3cccn32)ccc1-c1c(C)ncnc1C. The van der Waals surface area contributed by atoms with E-state index < -0.39 is 0 Å². The number of aryl methyl sites for hydroxylation is 3. The standard InChI is InChI=1S/C19H19N5O/c1-13-9-17(25-24-12-20-10-16-5-4-8-23(16)24)6-7-18(13)19-14(2)21-11-22-15(19)3/h4-11H,12H2,1-3H3. The molecule has 0 saturated carbocycles. The van der Waals surface area contributed by atoms with Crippen LogP contribution in [0.2, 0.25) is 0 Å². The summed E-state index contributed by atoms with van der Waals surface area (Å²) < 4.78 is 1.94. The number of benzene rings is 1. The Morgan fingerprint density at radius 1 is 1.04 bits per heavy atom. The van der Waals surface area contributed by atoms with Gasteiger partial charge >= 0.3 is 0 Å². The smallest absolute Gasteiger partial charge is 0.164 e. The van der Waals surface area contributed by atoms with Gasteiger partial charge in [0.25, 0.3) is 0 Å². The molecule has 0 spiro atoms. The minimum absolute atomic E-state index is 0.452. The second kappa shape index (κ2) is 6.05. The van der Waals surface area contributed by atoms with E-state index in [1.54, 1.807) is 11.5 Å². The zero-order valence-electron chi connectivity index (χ0n) is 14.5. The summed E-state index contributed by atoms with van der Waals surface area (Å²) >= 11 is 0. The molecule has 0 aliphatic carbocycles. The molecular weight excluding hydrogens is 314 g/mol. The number of nitrogens with zero attached hydrogens (tertiary/aromatic N) is 5. The summed E-state index contributed by atoms with van der Waals surface area (Å²) in [5.41, 5.74) is 6.28. The summed E-state index contributed by atoms with van der Waals surface area (Å²) in [6, 6.07) is 10.0. The lowest BCUT2D eigenvalue weighted by Gasteiger charge is -2.27. The number of hydrogen-bond acceptors (Lipinski definition) is 5. The molecule has 3 heterocycles. The van der Waals surface area contributed by atoms with Crippen LogP contribution >= 0.6 is 0 Å². The lowest BCUT2D eigenvalue weighted by atomic mass is 9.98. The van der Waals surface area contributed by atoms with Crippen LogP contribution in [-0.2, 0) is 0 Å². The molecule has 25 heavy (non-hydrogen) atoms. The summed E-state index contributed by atoms with van der Waals surface area (Å²) in [5.74, 6) is 0.769. The number of hydroxylamine groups is 1. The Morgan fingerprint density at radius 2 is 1.84 bits per heavy atom. The van der Waals surface area contributed by atoms with Crippen LogP contribution in [0.1, 0.15) is 22.6 Å². The van der Waals surface area contributed by atoms with Gasteiger partial charge in [0.1, 0.15) is 6.33 Å². The van der Waals surface area contributed by atoms with E-state index in [1.807, 2.05) is 55.2 Å². The van der Waals surface area contributed by atoms with Gasteiger partial charge in [-0.2, -0.15) is 0 Å². The highest BCUT2D eigenvalue weighted by Gasteiger charge is 2.15. The first-order valence-electron chi connectivity index (χ1n) is 8.15. The molecule has 0 fully saturated rings. The van der Waals surface area contributed by atoms with Crippen molar-refractivity contribution in [1.82, 2.24) is 14.6 Å². The molecule has 0 saturated heterocycles. The molecule has 0 atom stereocenters. The fourth-order valence-electron chi connectivity index (χ4n) is 3.11. The number of fused-ring (bicyclic) bond motifs is 1. The van der Waals surface area contributed by atoms with E-state index >= 15 is 0 Å². The van der Waals surface area contributed by atoms with Crippen molar-refractivity contribution in [2.45, 2.75) is 20.8 Å². The largest absolute Gasteiger partial charge is 0.362 e. The minimum atomic E-state index is 0.452. The van der Waals surface area contributed by atoms with Crippen LogP contribution in [-0.4, -0.2) is 27.5 Å². The minimum Gasteiger partial charge on any atom is -0.362 e. The molecule has 6 heteroatoms. The third-order valence-electron chi connectivity index (χ3n) is 4.33. The topological polar surface area (TPSA) is 55.5 Å². The first kappa shape index (κ1) is 15.4. The molecule has 1 aliphatic rings. The van der Waals surface area contributed by atoms with Crippen molar-refractivity contribution >= 4 is 6.21 Å². The Hall–Kier alpha value is -3.15. The van der Waals surface area contributed by atoms with Gasteiger partial charge in [-0.3, -0.25) is 4.99 Å². The van der Waals surface area contributed by atoms with Gasteiger partial charge < -0.3 is 4.84 Å². The molecule has 4 rings (SSSR count). The molecule has 0 amide bonds. The van der Waals surface area contributed by atoms with Gasteiger partial charge in [0.15, 0.2) is 12.4 Å². The van der Waals surface area contributed by atoms with E-state index in [-0.39, 0.29) is 0 Å². The number of aromatic nitrogens is 3. The van der Waals surface area contributed by atoms with Gasteiger partial charge in [0.2, 0.25) is 0 Å². The fraction of sp³-hybridized carbons (Fsp3) is 0.211. The molecular formula is C19H19N5O. The summed E-state index contributed by atoms with van der Waals surface area (Å²) in [6.07, 6.45) is 5.40. The third kappa shape index (κ3) is 2.76. The maximum Gasteiger partial charge on any atom is 0.164 e. The summed E-state index contributed by atoms with van der Waals surface area (Å²) in [5, 5.41) is 1.73. The predicted molar refractivity (Wildman–Crippen MR) is 97.4 cm³/mol. The van der Waals surface area contributed by atoms with Crippen molar-refractivity contribution < 1.29 is 4.84 Å². The predicted octanol–water partition coefficient (Wildman–Crippen LogP) is 3.19. The van der Waals surface area contributed by atoms with Crippen molar-refractivity contribution in [2.75, 3.05) is 11.8 Å². The molecule has 0 bridgehead atoms. The second-order valence-electron chi connectivity index (χ2n) is 6.07. The first-order valence-corrected chi connectivity index (χ1v) is 8.15. The van der Waals surface area contributed by atoms with E-state index in [0.717, 1.165) is 39.5 Å². The van der Waals surface area contributed by atoms with Crippen LogP contribution < -0.4 is 10.0 Å². The van der Waals surface area contributed by atoms with E-state index in [9.17, 15) is 0 Å². The molecule has 0 unspecified atom stereocenters. The Kier molecular flexibility index (Phi) is 3.72. The summed E-state index contributed by atoms with van der Waals surface area (Å²) in [6.45, 7) is 6.54. The number of hydrogen-bond donors (Lipinski definition) is 0. The van der Waals surface area contributed by atoms with E-state index in [4.69, 9.17) is 4.84 Å². The highest BCUT2D eigenvalue weighted by Crippen LogP contribution is 2.30. The van der Waals surface area contributed by atoms with Crippen LogP contribution in [0.3, 0.4) is 0 Å². The van der Waals surface area contributed by atoms with E-state index in [0.29, 0.717) is 6.67 Å². The maximum atomic E-state index is 6.02. The molecule has 0 N–H and O–H groups in total. The first-order chi connectivity index (χ1) is 12.1. The highest BCUT2D eigenvalue weighted by molar-refractivity contribution is 5.78. The summed E-state index contributed by atoms with van der Waals surface area (Å²) in [7, 11) is 0. The quantitative estimate of drug-likeness (QED) is 0.739. The molecule has 1 aliphatic heterocycles. The van der Waals surface area contributed by atoms with Crippen molar-refractivity contribution in [3.63, 3.8) is 0 Å². The van der Waals surface area contributed by atoms with Gasteiger partial charge in [-0.1, -0.05) is 6.07 Å². The summed E-state index contributed by atoms with van der Waals surface area (Å²) in [4.78, 5) is 19.0. The average molecular weight is 333 g/mol. The monoisotopic (exact) mass is 333 g/mol. The van der Waals surface area contributed by atoms with Crippen molar-refractivity contribution in [2.24, 2.45) is 4.99 Å². The fourth-order valence-corrected chi connectivity index (χ4v) is 3.11. The normalized spacial score (nSPS) is 13.0.